The van der Waals surface area contributed by atoms with Gasteiger partial charge in [0.2, 0.25) is 5.91 Å². The number of hydrogen-bond acceptors (Lipinski definition) is 5. The molecule has 0 atom stereocenters. The fraction of sp³-hybridized carbons (Fsp3) is 0.308. The maximum absolute atomic E-state index is 12.0. The molecule has 0 saturated carbocycles. The van der Waals surface area contributed by atoms with Crippen LogP contribution in [0.3, 0.4) is 0 Å². The molecule has 0 radical (unpaired) electrons. The van der Waals surface area contributed by atoms with Gasteiger partial charge in [0.25, 0.3) is 0 Å². The lowest BCUT2D eigenvalue weighted by atomic mass is 10.1. The van der Waals surface area contributed by atoms with E-state index >= 15 is 0 Å². The average molecular weight is 287 g/mol. The molecular formula is C13H13N5O3. The molecule has 0 spiro atoms. The normalized spacial score (nSPS) is 13.8. The first-order valence-electron chi connectivity index (χ1n) is 6.52. The van der Waals surface area contributed by atoms with Crippen LogP contribution in [0.5, 0.6) is 0 Å². The van der Waals surface area contributed by atoms with Gasteiger partial charge in [0.05, 0.1) is 0 Å². The van der Waals surface area contributed by atoms with Gasteiger partial charge >= 0.3 is 5.97 Å². The van der Waals surface area contributed by atoms with E-state index in [4.69, 9.17) is 0 Å². The Hall–Kier alpha value is -2.77. The third kappa shape index (κ3) is 2.47. The highest BCUT2D eigenvalue weighted by Gasteiger charge is 2.25. The van der Waals surface area contributed by atoms with Crippen molar-refractivity contribution < 1.29 is 14.7 Å². The lowest BCUT2D eigenvalue weighted by molar-refractivity contribution is -0.135. The number of likely N-dealkylation sites (tertiary alicyclic amines) is 1. The first-order chi connectivity index (χ1) is 10.2. The summed E-state index contributed by atoms with van der Waals surface area (Å²) in [6, 6.07) is 3.32. The molecule has 2 aromatic rings. The van der Waals surface area contributed by atoms with Gasteiger partial charge in [-0.3, -0.25) is 9.78 Å². The van der Waals surface area contributed by atoms with Gasteiger partial charge in [0.15, 0.2) is 5.69 Å². The number of nitrogens with zero attached hydrogens (tertiary/aromatic N) is 5. The number of rotatable bonds is 4. The zero-order valence-electron chi connectivity index (χ0n) is 11.1. The Morgan fingerprint density at radius 1 is 1.24 bits per heavy atom. The van der Waals surface area contributed by atoms with Crippen LogP contribution in [0, 0.1) is 0 Å². The maximum atomic E-state index is 12.0. The highest BCUT2D eigenvalue weighted by atomic mass is 16.4. The van der Waals surface area contributed by atoms with Crippen molar-refractivity contribution in [2.45, 2.75) is 13.0 Å². The van der Waals surface area contributed by atoms with Gasteiger partial charge < -0.3 is 10.0 Å². The minimum Gasteiger partial charge on any atom is -0.476 e. The Morgan fingerprint density at radius 3 is 2.52 bits per heavy atom. The third-order valence-electron chi connectivity index (χ3n) is 3.39. The molecule has 0 aromatic carbocycles. The van der Waals surface area contributed by atoms with Crippen LogP contribution in [0.15, 0.2) is 24.5 Å². The minimum atomic E-state index is -1.18. The molecule has 8 heteroatoms. The van der Waals surface area contributed by atoms with E-state index in [1.165, 1.54) is 4.68 Å². The van der Waals surface area contributed by atoms with Crippen molar-refractivity contribution in [3.8, 4) is 11.3 Å². The number of carboxylic acid groups (broad SMARTS) is 1. The van der Waals surface area contributed by atoms with E-state index in [0.717, 1.165) is 19.5 Å². The van der Waals surface area contributed by atoms with Crippen LogP contribution in [-0.4, -0.2) is 55.0 Å². The van der Waals surface area contributed by atoms with Crippen molar-refractivity contribution in [3.63, 3.8) is 0 Å². The molecule has 0 bridgehead atoms. The Labute approximate surface area is 120 Å². The van der Waals surface area contributed by atoms with Crippen LogP contribution < -0.4 is 0 Å². The average Bonchev–Trinajstić information content (AvgIpc) is 2.81. The quantitative estimate of drug-likeness (QED) is 0.866. The monoisotopic (exact) mass is 287 g/mol. The molecule has 3 heterocycles. The molecule has 1 amide bonds. The largest absolute Gasteiger partial charge is 0.476 e. The second kappa shape index (κ2) is 5.31. The fourth-order valence-electron chi connectivity index (χ4n) is 2.16. The van der Waals surface area contributed by atoms with Crippen molar-refractivity contribution in [2.24, 2.45) is 0 Å². The summed E-state index contributed by atoms with van der Waals surface area (Å²) in [5, 5.41) is 16.7. The Balaban J connectivity index is 1.97. The van der Waals surface area contributed by atoms with E-state index in [1.54, 1.807) is 29.4 Å². The zero-order valence-corrected chi connectivity index (χ0v) is 11.1. The molecule has 1 fully saturated rings. The molecule has 3 rings (SSSR count). The van der Waals surface area contributed by atoms with Crippen molar-refractivity contribution in [2.75, 3.05) is 13.1 Å². The standard InChI is InChI=1S/C13H13N5O3/c19-10(17-6-1-7-17)8-18-12(9-2-4-14-5-3-9)11(13(20)21)15-16-18/h2-5H,1,6-8H2,(H,20,21). The Morgan fingerprint density at radius 2 is 1.95 bits per heavy atom. The van der Waals surface area contributed by atoms with Crippen molar-refractivity contribution in [3.05, 3.63) is 30.2 Å². The lowest BCUT2D eigenvalue weighted by Gasteiger charge is -2.30. The number of carboxylic acids is 1. The number of aromatic carboxylic acids is 1. The number of aromatic nitrogens is 4. The van der Waals surface area contributed by atoms with Crippen LogP contribution in [0.25, 0.3) is 11.3 Å². The molecule has 1 aliphatic rings. The number of hydrogen-bond donors (Lipinski definition) is 1. The smallest absolute Gasteiger partial charge is 0.358 e. The third-order valence-corrected chi connectivity index (χ3v) is 3.39. The summed E-state index contributed by atoms with van der Waals surface area (Å²) in [4.78, 5) is 28.9. The zero-order chi connectivity index (χ0) is 14.8. The van der Waals surface area contributed by atoms with Crippen LogP contribution in [0.4, 0.5) is 0 Å². The molecule has 8 nitrogen and oxygen atoms in total. The van der Waals surface area contributed by atoms with E-state index < -0.39 is 5.97 Å². The summed E-state index contributed by atoms with van der Waals surface area (Å²) in [7, 11) is 0. The summed E-state index contributed by atoms with van der Waals surface area (Å²) in [6.07, 6.45) is 4.10. The first kappa shape index (κ1) is 13.2. The van der Waals surface area contributed by atoms with E-state index in [-0.39, 0.29) is 18.1 Å². The van der Waals surface area contributed by atoms with Crippen LogP contribution >= 0.6 is 0 Å². The molecule has 108 valence electrons. The van der Waals surface area contributed by atoms with Gasteiger partial charge in [0.1, 0.15) is 12.2 Å². The highest BCUT2D eigenvalue weighted by molar-refractivity contribution is 5.93. The number of carbonyl (C=O) groups excluding carboxylic acids is 1. The van der Waals surface area contributed by atoms with Crippen molar-refractivity contribution in [1.29, 1.82) is 0 Å². The van der Waals surface area contributed by atoms with E-state index in [0.29, 0.717) is 11.3 Å². The lowest BCUT2D eigenvalue weighted by Crippen LogP contribution is -2.43. The first-order valence-corrected chi connectivity index (χ1v) is 6.52. The second-order valence-corrected chi connectivity index (χ2v) is 4.72. The van der Waals surface area contributed by atoms with Crippen LogP contribution in [0.2, 0.25) is 0 Å². The molecule has 2 aromatic heterocycles. The van der Waals surface area contributed by atoms with E-state index in [9.17, 15) is 14.7 Å². The topological polar surface area (TPSA) is 101 Å². The maximum Gasteiger partial charge on any atom is 0.358 e. The number of amides is 1. The van der Waals surface area contributed by atoms with Gasteiger partial charge in [-0.25, -0.2) is 9.48 Å². The molecule has 1 N–H and O–H groups in total. The molecule has 0 aliphatic carbocycles. The molecular weight excluding hydrogens is 274 g/mol. The Kier molecular flexibility index (Phi) is 3.35. The summed E-state index contributed by atoms with van der Waals surface area (Å²) in [5.74, 6) is -1.26. The van der Waals surface area contributed by atoms with Crippen molar-refractivity contribution in [1.82, 2.24) is 24.9 Å². The summed E-state index contributed by atoms with van der Waals surface area (Å²) < 4.78 is 1.33. The van der Waals surface area contributed by atoms with Gasteiger partial charge in [-0.15, -0.1) is 5.10 Å². The van der Waals surface area contributed by atoms with Gasteiger partial charge in [-0.1, -0.05) is 5.21 Å². The summed E-state index contributed by atoms with van der Waals surface area (Å²) >= 11 is 0. The second-order valence-electron chi connectivity index (χ2n) is 4.72. The minimum absolute atomic E-state index is 0.0159. The van der Waals surface area contributed by atoms with Gasteiger partial charge in [-0.2, -0.15) is 0 Å². The van der Waals surface area contributed by atoms with Gasteiger partial charge in [0, 0.05) is 31.0 Å². The fourth-order valence-corrected chi connectivity index (χ4v) is 2.16. The Bertz CT molecular complexity index is 678. The number of pyridine rings is 1. The van der Waals surface area contributed by atoms with E-state index in [1.807, 2.05) is 0 Å². The summed E-state index contributed by atoms with van der Waals surface area (Å²) in [5.41, 5.74) is 0.764. The predicted molar refractivity (Wildman–Crippen MR) is 71.4 cm³/mol. The van der Waals surface area contributed by atoms with Crippen LogP contribution in [-0.2, 0) is 11.3 Å². The van der Waals surface area contributed by atoms with E-state index in [2.05, 4.69) is 15.3 Å². The molecule has 21 heavy (non-hydrogen) atoms. The highest BCUT2D eigenvalue weighted by Crippen LogP contribution is 2.22. The SMILES string of the molecule is O=C(O)c1nnn(CC(=O)N2CCC2)c1-c1ccncc1. The summed E-state index contributed by atoms with van der Waals surface area (Å²) in [6.45, 7) is 1.46. The molecule has 1 saturated heterocycles. The number of carbonyl (C=O) groups is 2. The van der Waals surface area contributed by atoms with Crippen molar-refractivity contribution >= 4 is 11.9 Å². The molecule has 0 unspecified atom stereocenters. The van der Waals surface area contributed by atoms with Crippen LogP contribution in [0.1, 0.15) is 16.9 Å². The predicted octanol–water partition coefficient (Wildman–Crippen LogP) is 0.271. The molecule has 1 aliphatic heterocycles. The van der Waals surface area contributed by atoms with Gasteiger partial charge in [-0.05, 0) is 18.6 Å².